The van der Waals surface area contributed by atoms with Crippen LogP contribution in [0, 0.1) is 0 Å². The lowest BCUT2D eigenvalue weighted by Gasteiger charge is -2.11. The summed E-state index contributed by atoms with van der Waals surface area (Å²) in [4.78, 5) is 16.0. The van der Waals surface area contributed by atoms with Gasteiger partial charge in [0.25, 0.3) is 5.91 Å². The lowest BCUT2D eigenvalue weighted by Crippen LogP contribution is -2.16. The van der Waals surface area contributed by atoms with E-state index in [9.17, 15) is 18.0 Å². The molecule has 146 valence electrons. The van der Waals surface area contributed by atoms with Gasteiger partial charge in [0.05, 0.1) is 10.6 Å². The van der Waals surface area contributed by atoms with Gasteiger partial charge in [0.2, 0.25) is 0 Å². The molecule has 28 heavy (non-hydrogen) atoms. The predicted octanol–water partition coefficient (Wildman–Crippen LogP) is 4.43. The number of carbonyl (C=O) groups is 1. The molecule has 0 aliphatic heterocycles. The first-order chi connectivity index (χ1) is 13.2. The average molecular weight is 428 g/mol. The maximum atomic E-state index is 12.9. The molecule has 1 aromatic carbocycles. The number of halogens is 4. The minimum absolute atomic E-state index is 0.379. The summed E-state index contributed by atoms with van der Waals surface area (Å²) in [6.07, 6.45) is -2.27. The normalized spacial score (nSPS) is 11.5. The number of rotatable bonds is 5. The number of nitrogens with zero attached hydrogens (tertiary/aromatic N) is 4. The number of thioether (sulfide) groups is 1. The third kappa shape index (κ3) is 4.82. The van der Waals surface area contributed by atoms with E-state index in [0.29, 0.717) is 17.5 Å². The van der Waals surface area contributed by atoms with Crippen molar-refractivity contribution in [3.05, 3.63) is 64.7 Å². The first kappa shape index (κ1) is 20.2. The first-order valence-electron chi connectivity index (χ1n) is 7.84. The monoisotopic (exact) mass is 427 g/mol. The number of nitrogens with one attached hydrogen (secondary N) is 1. The molecule has 11 heteroatoms. The molecule has 1 N–H and O–H groups in total. The van der Waals surface area contributed by atoms with Crippen LogP contribution >= 0.6 is 23.4 Å². The molecule has 0 radical (unpaired) electrons. The molecule has 2 aromatic heterocycles. The summed E-state index contributed by atoms with van der Waals surface area (Å²) < 4.78 is 40.6. The third-order valence-electron chi connectivity index (χ3n) is 3.62. The van der Waals surface area contributed by atoms with Gasteiger partial charge in [-0.25, -0.2) is 4.98 Å². The van der Waals surface area contributed by atoms with E-state index in [0.717, 1.165) is 16.9 Å². The van der Waals surface area contributed by atoms with Crippen molar-refractivity contribution in [1.82, 2.24) is 19.7 Å². The van der Waals surface area contributed by atoms with E-state index < -0.39 is 22.7 Å². The molecule has 0 atom stereocenters. The van der Waals surface area contributed by atoms with Gasteiger partial charge in [-0.15, -0.1) is 10.2 Å². The number of pyridine rings is 1. The van der Waals surface area contributed by atoms with Gasteiger partial charge in [-0.05, 0) is 23.8 Å². The van der Waals surface area contributed by atoms with Gasteiger partial charge in [-0.3, -0.25) is 4.79 Å². The van der Waals surface area contributed by atoms with Crippen LogP contribution in [0.15, 0.2) is 48.0 Å². The second-order valence-electron chi connectivity index (χ2n) is 5.71. The SMILES string of the molecule is Cn1cnnc1SCc1cccc(NC(=O)c2cc(C(F)(F)F)c(Cl)cn2)c1. The summed E-state index contributed by atoms with van der Waals surface area (Å²) in [7, 11) is 1.83. The van der Waals surface area contributed by atoms with Crippen LogP contribution in [-0.2, 0) is 19.0 Å². The molecule has 6 nitrogen and oxygen atoms in total. The topological polar surface area (TPSA) is 72.7 Å². The number of hydrogen-bond donors (Lipinski definition) is 1. The summed E-state index contributed by atoms with van der Waals surface area (Å²) in [6.45, 7) is 0. The van der Waals surface area contributed by atoms with E-state index >= 15 is 0 Å². The van der Waals surface area contributed by atoms with Crippen LogP contribution in [0.1, 0.15) is 21.6 Å². The highest BCUT2D eigenvalue weighted by Crippen LogP contribution is 2.34. The molecule has 0 aliphatic rings. The Morgan fingerprint density at radius 1 is 1.32 bits per heavy atom. The molecule has 2 heterocycles. The molecular formula is C17H13ClF3N5OS. The Morgan fingerprint density at radius 3 is 2.79 bits per heavy atom. The highest BCUT2D eigenvalue weighted by atomic mass is 35.5. The summed E-state index contributed by atoms with van der Waals surface area (Å²) in [6, 6.07) is 7.59. The van der Waals surface area contributed by atoms with Crippen molar-refractivity contribution in [1.29, 1.82) is 0 Å². The van der Waals surface area contributed by atoms with E-state index in [2.05, 4.69) is 20.5 Å². The summed E-state index contributed by atoms with van der Waals surface area (Å²) in [5.74, 6) is -0.187. The van der Waals surface area contributed by atoms with Crippen LogP contribution in [0.3, 0.4) is 0 Å². The minimum atomic E-state index is -4.67. The third-order valence-corrected chi connectivity index (χ3v) is 5.02. The van der Waals surface area contributed by atoms with E-state index in [1.807, 2.05) is 13.1 Å². The quantitative estimate of drug-likeness (QED) is 0.610. The number of carbonyl (C=O) groups excluding carboxylic acids is 1. The lowest BCUT2D eigenvalue weighted by atomic mass is 10.2. The molecule has 0 fully saturated rings. The van der Waals surface area contributed by atoms with Crippen LogP contribution in [0.4, 0.5) is 18.9 Å². The number of anilines is 1. The van der Waals surface area contributed by atoms with Gasteiger partial charge < -0.3 is 9.88 Å². The number of hydrogen-bond acceptors (Lipinski definition) is 5. The number of aromatic nitrogens is 4. The molecule has 0 saturated heterocycles. The molecule has 3 rings (SSSR count). The summed E-state index contributed by atoms with van der Waals surface area (Å²) in [5, 5.41) is 10.5. The molecule has 1 amide bonds. The molecule has 0 bridgehead atoms. The van der Waals surface area contributed by atoms with Gasteiger partial charge in [-0.1, -0.05) is 35.5 Å². The zero-order chi connectivity index (χ0) is 20.3. The Kier molecular flexibility index (Phi) is 5.90. The Labute approximate surface area is 167 Å². The van der Waals surface area contributed by atoms with E-state index in [4.69, 9.17) is 11.6 Å². The number of amides is 1. The van der Waals surface area contributed by atoms with Crippen LogP contribution in [0.25, 0.3) is 0 Å². The zero-order valence-electron chi connectivity index (χ0n) is 14.4. The van der Waals surface area contributed by atoms with E-state index in [-0.39, 0.29) is 5.69 Å². The van der Waals surface area contributed by atoms with Gasteiger partial charge in [-0.2, -0.15) is 13.2 Å². The standard InChI is InChI=1S/C17H13ClF3N5OS/c1-26-9-23-25-16(26)28-8-10-3-2-4-11(5-10)24-15(27)14-6-12(17(19,20)21)13(18)7-22-14/h2-7,9H,8H2,1H3,(H,24,27). The minimum Gasteiger partial charge on any atom is -0.321 e. The maximum Gasteiger partial charge on any atom is 0.417 e. The number of aryl methyl sites for hydroxylation is 1. The van der Waals surface area contributed by atoms with Crippen LogP contribution < -0.4 is 5.32 Å². The van der Waals surface area contributed by atoms with Crippen LogP contribution in [0.5, 0.6) is 0 Å². The highest BCUT2D eigenvalue weighted by molar-refractivity contribution is 7.98. The fourth-order valence-corrected chi connectivity index (χ4v) is 3.31. The largest absolute Gasteiger partial charge is 0.417 e. The van der Waals surface area contributed by atoms with Crippen LogP contribution in [-0.4, -0.2) is 25.7 Å². The van der Waals surface area contributed by atoms with Gasteiger partial charge >= 0.3 is 6.18 Å². The number of benzene rings is 1. The van der Waals surface area contributed by atoms with Crippen LogP contribution in [0.2, 0.25) is 5.02 Å². The number of alkyl halides is 3. The molecule has 3 aromatic rings. The van der Waals surface area contributed by atoms with Crippen molar-refractivity contribution >= 4 is 35.0 Å². The lowest BCUT2D eigenvalue weighted by molar-refractivity contribution is -0.137. The fraction of sp³-hybridized carbons (Fsp3) is 0.176. The summed E-state index contributed by atoms with van der Waals surface area (Å²) >= 11 is 6.99. The van der Waals surface area contributed by atoms with Crippen molar-refractivity contribution in [3.8, 4) is 0 Å². The Balaban J connectivity index is 1.72. The average Bonchev–Trinajstić information content (AvgIpc) is 3.04. The predicted molar refractivity (Wildman–Crippen MR) is 99.2 cm³/mol. The van der Waals surface area contributed by atoms with Gasteiger partial charge in [0.1, 0.15) is 12.0 Å². The Hall–Kier alpha value is -2.59. The molecular weight excluding hydrogens is 415 g/mol. The Bertz CT molecular complexity index is 1010. The molecule has 0 unspecified atom stereocenters. The van der Waals surface area contributed by atoms with Crippen molar-refractivity contribution in [3.63, 3.8) is 0 Å². The Morgan fingerprint density at radius 2 is 2.11 bits per heavy atom. The van der Waals surface area contributed by atoms with Crippen molar-refractivity contribution < 1.29 is 18.0 Å². The van der Waals surface area contributed by atoms with Crippen molar-refractivity contribution in [2.45, 2.75) is 17.1 Å². The summed E-state index contributed by atoms with van der Waals surface area (Å²) in [5.41, 5.74) is -0.157. The molecule has 0 saturated carbocycles. The van der Waals surface area contributed by atoms with Crippen molar-refractivity contribution in [2.75, 3.05) is 5.32 Å². The van der Waals surface area contributed by atoms with Gasteiger partial charge in [0.15, 0.2) is 5.16 Å². The van der Waals surface area contributed by atoms with E-state index in [1.165, 1.54) is 11.8 Å². The molecule has 0 spiro atoms. The second kappa shape index (κ2) is 8.19. The highest BCUT2D eigenvalue weighted by Gasteiger charge is 2.34. The fourth-order valence-electron chi connectivity index (χ4n) is 2.27. The van der Waals surface area contributed by atoms with Crippen molar-refractivity contribution in [2.24, 2.45) is 7.05 Å². The maximum absolute atomic E-state index is 12.9. The second-order valence-corrected chi connectivity index (χ2v) is 7.06. The van der Waals surface area contributed by atoms with Gasteiger partial charge in [0, 0.05) is 24.7 Å². The molecule has 0 aliphatic carbocycles. The smallest absolute Gasteiger partial charge is 0.321 e. The first-order valence-corrected chi connectivity index (χ1v) is 9.20. The van der Waals surface area contributed by atoms with E-state index in [1.54, 1.807) is 29.1 Å². The zero-order valence-corrected chi connectivity index (χ0v) is 15.9.